The Labute approximate surface area is 144 Å². The molecule has 1 aromatic rings. The molecule has 2 N–H and O–H groups in total. The summed E-state index contributed by atoms with van der Waals surface area (Å²) >= 11 is 0. The summed E-state index contributed by atoms with van der Waals surface area (Å²) in [5, 5.41) is 10.2. The predicted molar refractivity (Wildman–Crippen MR) is 93.9 cm³/mol. The minimum atomic E-state index is -0.497. The fourth-order valence-corrected chi connectivity index (χ4v) is 2.15. The largest absolute Gasteiger partial charge is 0.459 e. The zero-order chi connectivity index (χ0) is 18.2. The van der Waals surface area contributed by atoms with E-state index in [0.29, 0.717) is 19.0 Å². The lowest BCUT2D eigenvalue weighted by molar-refractivity contribution is -0.153. The topological polar surface area (TPSA) is 88.8 Å². The lowest BCUT2D eigenvalue weighted by Gasteiger charge is -2.20. The fraction of sp³-hybridized carbons (Fsp3) is 0.706. The summed E-state index contributed by atoms with van der Waals surface area (Å²) < 4.78 is 10.6. The van der Waals surface area contributed by atoms with Gasteiger partial charge >= 0.3 is 5.97 Å². The number of nitrogens with one attached hydrogen (secondary N) is 2. The molecule has 0 fully saturated rings. The summed E-state index contributed by atoms with van der Waals surface area (Å²) in [4.78, 5) is 16.3. The van der Waals surface area contributed by atoms with Crippen molar-refractivity contribution in [1.82, 2.24) is 15.8 Å². The van der Waals surface area contributed by atoms with E-state index in [1.165, 1.54) is 0 Å². The SMILES string of the molecule is CCNC(=NCc1c(CC)noc1CC)NCC(=O)OC(C)(C)C. The Bertz CT molecular complexity index is 537. The van der Waals surface area contributed by atoms with Crippen molar-refractivity contribution in [3.63, 3.8) is 0 Å². The first-order valence-corrected chi connectivity index (χ1v) is 8.51. The van der Waals surface area contributed by atoms with Crippen LogP contribution in [0.25, 0.3) is 0 Å². The molecule has 24 heavy (non-hydrogen) atoms. The number of carbonyl (C=O) groups excluding carboxylic acids is 1. The number of aryl methyl sites for hydroxylation is 2. The summed E-state index contributed by atoms with van der Waals surface area (Å²) in [5.74, 6) is 1.11. The average molecular weight is 338 g/mol. The number of rotatable bonds is 7. The highest BCUT2D eigenvalue weighted by molar-refractivity contribution is 5.84. The van der Waals surface area contributed by atoms with Crippen LogP contribution in [0, 0.1) is 0 Å². The second-order valence-electron chi connectivity index (χ2n) is 6.37. The lowest BCUT2D eigenvalue weighted by Crippen LogP contribution is -2.41. The van der Waals surface area contributed by atoms with Crippen molar-refractivity contribution in [1.29, 1.82) is 0 Å². The molecule has 0 aliphatic carbocycles. The Morgan fingerprint density at radius 1 is 1.21 bits per heavy atom. The van der Waals surface area contributed by atoms with Crippen LogP contribution >= 0.6 is 0 Å². The van der Waals surface area contributed by atoms with E-state index in [1.54, 1.807) is 0 Å². The van der Waals surface area contributed by atoms with E-state index in [9.17, 15) is 4.79 Å². The smallest absolute Gasteiger partial charge is 0.325 e. The summed E-state index contributed by atoms with van der Waals surface area (Å²) in [6.07, 6.45) is 1.58. The molecule has 0 spiro atoms. The zero-order valence-electron chi connectivity index (χ0n) is 15.7. The molecule has 0 amide bonds. The Balaban J connectivity index is 2.72. The van der Waals surface area contributed by atoms with Crippen LogP contribution in [0.2, 0.25) is 0 Å². The number of carbonyl (C=O) groups is 1. The third kappa shape index (κ3) is 6.60. The quantitative estimate of drug-likeness (QED) is 0.450. The van der Waals surface area contributed by atoms with Gasteiger partial charge < -0.3 is 19.9 Å². The minimum absolute atomic E-state index is 0.0635. The number of aromatic nitrogens is 1. The van der Waals surface area contributed by atoms with E-state index in [1.807, 2.05) is 41.5 Å². The van der Waals surface area contributed by atoms with Crippen LogP contribution in [-0.2, 0) is 28.9 Å². The van der Waals surface area contributed by atoms with Crippen molar-refractivity contribution < 1.29 is 14.1 Å². The summed E-state index contributed by atoms with van der Waals surface area (Å²) in [7, 11) is 0. The molecule has 1 aromatic heterocycles. The molecule has 0 unspecified atom stereocenters. The maximum absolute atomic E-state index is 11.8. The third-order valence-corrected chi connectivity index (χ3v) is 3.17. The van der Waals surface area contributed by atoms with Gasteiger partial charge in [-0.3, -0.25) is 4.79 Å². The Morgan fingerprint density at radius 2 is 1.92 bits per heavy atom. The van der Waals surface area contributed by atoms with Crippen LogP contribution in [-0.4, -0.2) is 35.8 Å². The maximum atomic E-state index is 11.8. The molecule has 0 atom stereocenters. The second-order valence-corrected chi connectivity index (χ2v) is 6.37. The third-order valence-electron chi connectivity index (χ3n) is 3.17. The molecule has 0 bridgehead atoms. The van der Waals surface area contributed by atoms with Gasteiger partial charge in [0.25, 0.3) is 0 Å². The number of guanidine groups is 1. The van der Waals surface area contributed by atoms with Crippen molar-refractivity contribution in [2.24, 2.45) is 4.99 Å². The van der Waals surface area contributed by atoms with Gasteiger partial charge in [-0.25, -0.2) is 4.99 Å². The van der Waals surface area contributed by atoms with Crippen molar-refractivity contribution in [3.8, 4) is 0 Å². The predicted octanol–water partition coefficient (Wildman–Crippen LogP) is 2.20. The molecule has 0 saturated heterocycles. The summed E-state index contributed by atoms with van der Waals surface area (Å²) in [5.41, 5.74) is 1.45. The van der Waals surface area contributed by atoms with E-state index in [0.717, 1.165) is 29.9 Å². The summed E-state index contributed by atoms with van der Waals surface area (Å²) in [6, 6.07) is 0. The molecule has 1 heterocycles. The highest BCUT2D eigenvalue weighted by Gasteiger charge is 2.17. The van der Waals surface area contributed by atoms with Gasteiger partial charge in [-0.05, 0) is 34.1 Å². The number of aliphatic imine (C=N–C) groups is 1. The molecule has 0 aromatic carbocycles. The Kier molecular flexibility index (Phi) is 7.74. The van der Waals surface area contributed by atoms with Gasteiger partial charge in [0.15, 0.2) is 5.96 Å². The molecule has 7 heteroatoms. The van der Waals surface area contributed by atoms with Crippen molar-refractivity contribution >= 4 is 11.9 Å². The standard InChI is InChI=1S/C17H30N4O3/c1-7-13-12(14(8-2)24-21-13)10-19-16(18-9-3)20-11-15(22)23-17(4,5)6/h7-11H2,1-6H3,(H2,18,19,20). The van der Waals surface area contributed by atoms with Crippen LogP contribution < -0.4 is 10.6 Å². The fourth-order valence-electron chi connectivity index (χ4n) is 2.15. The molecular formula is C17H30N4O3. The van der Waals surface area contributed by atoms with Gasteiger partial charge in [0, 0.05) is 18.5 Å². The number of hydrogen-bond acceptors (Lipinski definition) is 5. The van der Waals surface area contributed by atoms with Crippen LogP contribution in [0.5, 0.6) is 0 Å². The first kappa shape index (κ1) is 20.0. The monoisotopic (exact) mass is 338 g/mol. The molecule has 1 rings (SSSR count). The van der Waals surface area contributed by atoms with E-state index in [4.69, 9.17) is 9.26 Å². The van der Waals surface area contributed by atoms with E-state index in [-0.39, 0.29) is 12.5 Å². The van der Waals surface area contributed by atoms with Gasteiger partial charge in [0.2, 0.25) is 0 Å². The van der Waals surface area contributed by atoms with Crippen molar-refractivity contribution in [2.75, 3.05) is 13.1 Å². The Morgan fingerprint density at radius 3 is 2.46 bits per heavy atom. The van der Waals surface area contributed by atoms with Crippen LogP contribution in [0.4, 0.5) is 0 Å². The molecule has 0 saturated carbocycles. The molecular weight excluding hydrogens is 308 g/mol. The summed E-state index contributed by atoms with van der Waals surface area (Å²) in [6.45, 7) is 12.8. The van der Waals surface area contributed by atoms with Gasteiger partial charge in [0.1, 0.15) is 17.9 Å². The second kappa shape index (κ2) is 9.30. The normalized spacial score (nSPS) is 12.2. The molecule has 136 valence electrons. The van der Waals surface area contributed by atoms with Gasteiger partial charge in [-0.15, -0.1) is 0 Å². The zero-order valence-corrected chi connectivity index (χ0v) is 15.7. The van der Waals surface area contributed by atoms with Crippen LogP contribution in [0.1, 0.15) is 58.6 Å². The highest BCUT2D eigenvalue weighted by atomic mass is 16.6. The lowest BCUT2D eigenvalue weighted by atomic mass is 10.1. The number of nitrogens with zero attached hydrogens (tertiary/aromatic N) is 2. The van der Waals surface area contributed by atoms with Gasteiger partial charge in [-0.1, -0.05) is 19.0 Å². The molecule has 7 nitrogen and oxygen atoms in total. The van der Waals surface area contributed by atoms with Gasteiger partial charge in [0.05, 0.1) is 12.2 Å². The van der Waals surface area contributed by atoms with E-state index < -0.39 is 5.60 Å². The molecule has 0 radical (unpaired) electrons. The first-order valence-electron chi connectivity index (χ1n) is 8.51. The Hall–Kier alpha value is -2.05. The van der Waals surface area contributed by atoms with Crippen LogP contribution in [0.3, 0.4) is 0 Å². The number of ether oxygens (including phenoxy) is 1. The molecule has 0 aliphatic heterocycles. The van der Waals surface area contributed by atoms with E-state index in [2.05, 4.69) is 20.8 Å². The van der Waals surface area contributed by atoms with Crippen molar-refractivity contribution in [3.05, 3.63) is 17.0 Å². The average Bonchev–Trinajstić information content (AvgIpc) is 2.90. The molecule has 0 aliphatic rings. The minimum Gasteiger partial charge on any atom is -0.459 e. The van der Waals surface area contributed by atoms with Gasteiger partial charge in [-0.2, -0.15) is 0 Å². The highest BCUT2D eigenvalue weighted by Crippen LogP contribution is 2.16. The number of hydrogen-bond donors (Lipinski definition) is 2. The van der Waals surface area contributed by atoms with Crippen molar-refractivity contribution in [2.45, 2.75) is 66.5 Å². The first-order chi connectivity index (χ1) is 11.3. The van der Waals surface area contributed by atoms with E-state index >= 15 is 0 Å². The maximum Gasteiger partial charge on any atom is 0.325 e. The number of esters is 1. The van der Waals surface area contributed by atoms with Crippen LogP contribution in [0.15, 0.2) is 9.52 Å².